The van der Waals surface area contributed by atoms with Crippen LogP contribution in [0.15, 0.2) is 47.5 Å². The normalized spacial score (nSPS) is 11.1. The lowest BCUT2D eigenvalue weighted by Gasteiger charge is -2.15. The molecule has 0 aliphatic heterocycles. The number of hydrogen-bond acceptors (Lipinski definition) is 3. The van der Waals surface area contributed by atoms with E-state index >= 15 is 0 Å². The van der Waals surface area contributed by atoms with E-state index in [1.807, 2.05) is 19.9 Å². The Morgan fingerprint density at radius 2 is 2.04 bits per heavy atom. The van der Waals surface area contributed by atoms with Crippen LogP contribution in [0.2, 0.25) is 5.02 Å². The third-order valence-electron chi connectivity index (χ3n) is 3.95. The molecule has 136 valence electrons. The first-order valence-electron chi connectivity index (χ1n) is 8.24. The van der Waals surface area contributed by atoms with Gasteiger partial charge in [-0.15, -0.1) is 0 Å². The number of hydrogen-bond donors (Lipinski definition) is 1. The van der Waals surface area contributed by atoms with Gasteiger partial charge in [-0.05, 0) is 26.0 Å². The molecule has 26 heavy (non-hydrogen) atoms. The van der Waals surface area contributed by atoms with Gasteiger partial charge in [-0.2, -0.15) is 0 Å². The van der Waals surface area contributed by atoms with Gasteiger partial charge in [-0.1, -0.05) is 23.7 Å². The Hall–Kier alpha value is -2.73. The van der Waals surface area contributed by atoms with Crippen LogP contribution < -0.4 is 15.6 Å². The number of rotatable bonds is 5. The average molecular weight is 374 g/mol. The van der Waals surface area contributed by atoms with E-state index in [4.69, 9.17) is 16.3 Å². The summed E-state index contributed by atoms with van der Waals surface area (Å²) in [6.07, 6.45) is 3.52. The first-order chi connectivity index (χ1) is 12.4. The molecule has 0 atom stereocenters. The van der Waals surface area contributed by atoms with Gasteiger partial charge in [0, 0.05) is 28.9 Å². The minimum absolute atomic E-state index is 0.00931. The van der Waals surface area contributed by atoms with E-state index in [0.717, 1.165) is 5.56 Å². The number of carbonyl (C=O) groups excluding carboxylic acids is 1. The van der Waals surface area contributed by atoms with Crippen LogP contribution in [-0.2, 0) is 11.3 Å². The van der Waals surface area contributed by atoms with Crippen molar-refractivity contribution >= 4 is 23.0 Å². The van der Waals surface area contributed by atoms with E-state index in [1.165, 1.54) is 4.57 Å². The van der Waals surface area contributed by atoms with E-state index in [0.29, 0.717) is 22.0 Å². The van der Waals surface area contributed by atoms with Crippen LogP contribution in [0.5, 0.6) is 5.75 Å². The monoisotopic (exact) mass is 373 g/mol. The second-order valence-corrected chi connectivity index (χ2v) is 6.75. The van der Waals surface area contributed by atoms with Gasteiger partial charge in [0.25, 0.3) is 5.56 Å². The second kappa shape index (κ2) is 7.25. The summed E-state index contributed by atoms with van der Waals surface area (Å²) in [4.78, 5) is 25.3. The maximum absolute atomic E-state index is 13.0. The second-order valence-electron chi connectivity index (χ2n) is 6.31. The zero-order chi connectivity index (χ0) is 18.8. The summed E-state index contributed by atoms with van der Waals surface area (Å²) in [6.45, 7) is 3.67. The number of ether oxygens (including phenoxy) is 1. The summed E-state index contributed by atoms with van der Waals surface area (Å²) >= 11 is 6.11. The van der Waals surface area contributed by atoms with Crippen molar-refractivity contribution in [2.24, 2.45) is 0 Å². The average Bonchev–Trinajstić information content (AvgIpc) is 3.00. The maximum atomic E-state index is 13.0. The van der Waals surface area contributed by atoms with Crippen molar-refractivity contribution in [1.82, 2.24) is 14.3 Å². The minimum atomic E-state index is -0.273. The zero-order valence-electron chi connectivity index (χ0n) is 14.8. The van der Waals surface area contributed by atoms with E-state index < -0.39 is 0 Å². The Balaban J connectivity index is 2.21. The number of fused-ring (bicyclic) bond motifs is 1. The number of amides is 1. The molecule has 1 N–H and O–H groups in total. The lowest BCUT2D eigenvalue weighted by Crippen LogP contribution is -2.36. The SMILES string of the molecule is COc1cc2c(=O)n(CC(=O)NC(C)C)c(-c3cccc(Cl)c3)cn2c1. The lowest BCUT2D eigenvalue weighted by molar-refractivity contribution is -0.122. The third-order valence-corrected chi connectivity index (χ3v) is 4.18. The topological polar surface area (TPSA) is 64.7 Å². The molecule has 0 fully saturated rings. The molecule has 7 heteroatoms. The molecule has 3 aromatic rings. The number of halogens is 1. The Kier molecular flexibility index (Phi) is 5.04. The van der Waals surface area contributed by atoms with Gasteiger partial charge in [0.2, 0.25) is 5.91 Å². The van der Waals surface area contributed by atoms with Gasteiger partial charge in [-0.25, -0.2) is 0 Å². The minimum Gasteiger partial charge on any atom is -0.495 e. The fraction of sp³-hybridized carbons (Fsp3) is 0.263. The fourth-order valence-electron chi connectivity index (χ4n) is 2.84. The van der Waals surface area contributed by atoms with Crippen LogP contribution in [-0.4, -0.2) is 28.0 Å². The Morgan fingerprint density at radius 3 is 2.69 bits per heavy atom. The molecule has 0 bridgehead atoms. The van der Waals surface area contributed by atoms with Crippen molar-refractivity contribution in [1.29, 1.82) is 0 Å². The van der Waals surface area contributed by atoms with Crippen LogP contribution >= 0.6 is 11.6 Å². The van der Waals surface area contributed by atoms with Crippen molar-refractivity contribution in [3.63, 3.8) is 0 Å². The van der Waals surface area contributed by atoms with Gasteiger partial charge >= 0.3 is 0 Å². The quantitative estimate of drug-likeness (QED) is 0.747. The first kappa shape index (κ1) is 18.1. The highest BCUT2D eigenvalue weighted by Crippen LogP contribution is 2.24. The number of carbonyl (C=O) groups is 1. The number of aromatic nitrogens is 2. The third kappa shape index (κ3) is 3.60. The number of methoxy groups -OCH3 is 1. The van der Waals surface area contributed by atoms with Gasteiger partial charge in [0.1, 0.15) is 17.8 Å². The van der Waals surface area contributed by atoms with Gasteiger partial charge in [0.15, 0.2) is 0 Å². The summed E-state index contributed by atoms with van der Waals surface area (Å²) in [5.41, 5.74) is 1.51. The first-order valence-corrected chi connectivity index (χ1v) is 8.61. The van der Waals surface area contributed by atoms with Gasteiger partial charge in [0.05, 0.1) is 19.0 Å². The maximum Gasteiger partial charge on any atom is 0.275 e. The molecule has 2 aromatic heterocycles. The van der Waals surface area contributed by atoms with Crippen LogP contribution in [0.25, 0.3) is 16.8 Å². The van der Waals surface area contributed by atoms with E-state index in [-0.39, 0.29) is 24.1 Å². The predicted octanol–water partition coefficient (Wildman–Crippen LogP) is 2.95. The summed E-state index contributed by atoms with van der Waals surface area (Å²) < 4.78 is 8.38. The van der Waals surface area contributed by atoms with Crippen LogP contribution in [0.3, 0.4) is 0 Å². The standard InChI is InChI=1S/C19H20ClN3O3/c1-12(2)21-18(24)11-23-17(13-5-4-6-14(20)7-13)10-22-9-15(26-3)8-16(22)19(23)25/h4-10,12H,11H2,1-3H3,(H,21,24). The molecule has 0 aliphatic carbocycles. The molecule has 0 saturated carbocycles. The van der Waals surface area contributed by atoms with Crippen LogP contribution in [0.4, 0.5) is 0 Å². The molecule has 1 amide bonds. The largest absolute Gasteiger partial charge is 0.495 e. The zero-order valence-corrected chi connectivity index (χ0v) is 15.6. The van der Waals surface area contributed by atoms with Crippen LogP contribution in [0.1, 0.15) is 13.8 Å². The van der Waals surface area contributed by atoms with Crippen molar-refractivity contribution in [2.45, 2.75) is 26.4 Å². The Morgan fingerprint density at radius 1 is 1.27 bits per heavy atom. The molecule has 0 radical (unpaired) electrons. The summed E-state index contributed by atoms with van der Waals surface area (Å²) in [7, 11) is 1.54. The van der Waals surface area contributed by atoms with E-state index in [9.17, 15) is 9.59 Å². The fourth-order valence-corrected chi connectivity index (χ4v) is 3.03. The number of nitrogens with one attached hydrogen (secondary N) is 1. The smallest absolute Gasteiger partial charge is 0.275 e. The molecule has 0 spiro atoms. The van der Waals surface area contributed by atoms with Crippen molar-refractivity contribution in [3.8, 4) is 17.0 Å². The lowest BCUT2D eigenvalue weighted by atomic mass is 10.1. The molecule has 3 rings (SSSR count). The number of benzene rings is 1. The molecule has 1 aromatic carbocycles. The van der Waals surface area contributed by atoms with Crippen molar-refractivity contribution in [2.75, 3.05) is 7.11 Å². The summed E-state index contributed by atoms with van der Waals surface area (Å²) in [6, 6.07) is 8.83. The summed E-state index contributed by atoms with van der Waals surface area (Å²) in [5.74, 6) is 0.344. The van der Waals surface area contributed by atoms with Crippen LogP contribution in [0, 0.1) is 0 Å². The highest BCUT2D eigenvalue weighted by Gasteiger charge is 2.16. The highest BCUT2D eigenvalue weighted by atomic mass is 35.5. The molecular weight excluding hydrogens is 354 g/mol. The molecule has 0 saturated heterocycles. The predicted molar refractivity (Wildman–Crippen MR) is 102 cm³/mol. The molecule has 6 nitrogen and oxygen atoms in total. The molecular formula is C19H20ClN3O3. The highest BCUT2D eigenvalue weighted by molar-refractivity contribution is 6.30. The Bertz CT molecular complexity index is 1020. The van der Waals surface area contributed by atoms with E-state index in [1.54, 1.807) is 48.2 Å². The molecule has 2 heterocycles. The summed E-state index contributed by atoms with van der Waals surface area (Å²) in [5, 5.41) is 3.37. The number of nitrogens with zero attached hydrogens (tertiary/aromatic N) is 2. The molecule has 0 unspecified atom stereocenters. The molecule has 0 aliphatic rings. The van der Waals surface area contributed by atoms with Gasteiger partial charge in [-0.3, -0.25) is 14.2 Å². The Labute approximate surface area is 156 Å². The van der Waals surface area contributed by atoms with E-state index in [2.05, 4.69) is 5.32 Å². The van der Waals surface area contributed by atoms with Crippen molar-refractivity contribution < 1.29 is 9.53 Å². The van der Waals surface area contributed by atoms with Gasteiger partial charge < -0.3 is 14.5 Å². The van der Waals surface area contributed by atoms with Crippen molar-refractivity contribution in [3.05, 3.63) is 58.1 Å².